The van der Waals surface area contributed by atoms with Gasteiger partial charge >= 0.3 is 17.9 Å². The Morgan fingerprint density at radius 3 is 2.21 bits per heavy atom. The van der Waals surface area contributed by atoms with E-state index in [0.29, 0.717) is 0 Å². The van der Waals surface area contributed by atoms with Crippen molar-refractivity contribution in [3.63, 3.8) is 0 Å². The molecule has 1 rings (SSSR count). The van der Waals surface area contributed by atoms with E-state index in [2.05, 4.69) is 19.5 Å². The minimum Gasteiger partial charge on any atom is -0.492 e. The fourth-order valence-electron chi connectivity index (χ4n) is 1.71. The standard InChI is InChI=1S/C15H16FNO7/c1-21-12(18)7-11(15(20)24-4)17-10-6-8(14(19)23-3)5-9(16)13(10)22-2/h5-7,17H,1-4H3/b11-7+. The molecule has 0 spiro atoms. The zero-order chi connectivity index (χ0) is 18.3. The van der Waals surface area contributed by atoms with Crippen LogP contribution >= 0.6 is 0 Å². The van der Waals surface area contributed by atoms with Gasteiger partial charge in [-0.25, -0.2) is 18.8 Å². The molecule has 0 aliphatic rings. The van der Waals surface area contributed by atoms with Crippen LogP contribution in [0.25, 0.3) is 0 Å². The van der Waals surface area contributed by atoms with Crippen molar-refractivity contribution in [2.75, 3.05) is 33.8 Å². The molecule has 0 aliphatic heterocycles. The number of hydrogen-bond acceptors (Lipinski definition) is 8. The molecule has 9 heteroatoms. The fourth-order valence-corrected chi connectivity index (χ4v) is 1.71. The Labute approximate surface area is 137 Å². The van der Waals surface area contributed by atoms with Gasteiger partial charge < -0.3 is 24.3 Å². The maximum absolute atomic E-state index is 14.1. The molecule has 0 unspecified atom stereocenters. The van der Waals surface area contributed by atoms with Crippen molar-refractivity contribution in [3.05, 3.63) is 35.3 Å². The SMILES string of the molecule is COC(=O)/C=C(/Nc1cc(C(=O)OC)cc(F)c1OC)C(=O)OC. The van der Waals surface area contributed by atoms with Crippen LogP contribution in [0.3, 0.4) is 0 Å². The Kier molecular flexibility index (Phi) is 6.72. The summed E-state index contributed by atoms with van der Waals surface area (Å²) in [5.41, 5.74) is -0.553. The van der Waals surface area contributed by atoms with Crippen LogP contribution in [-0.2, 0) is 23.8 Å². The number of carbonyl (C=O) groups is 3. The number of benzene rings is 1. The van der Waals surface area contributed by atoms with Crippen LogP contribution in [0.15, 0.2) is 23.9 Å². The number of carbonyl (C=O) groups excluding carboxylic acids is 3. The van der Waals surface area contributed by atoms with Gasteiger partial charge in [-0.2, -0.15) is 0 Å². The van der Waals surface area contributed by atoms with Crippen molar-refractivity contribution >= 4 is 23.6 Å². The molecule has 0 radical (unpaired) electrons. The van der Waals surface area contributed by atoms with Gasteiger partial charge in [0.05, 0.1) is 45.8 Å². The second-order valence-electron chi connectivity index (χ2n) is 4.23. The molecule has 0 bridgehead atoms. The molecule has 130 valence electrons. The topological polar surface area (TPSA) is 100 Å². The van der Waals surface area contributed by atoms with Crippen molar-refractivity contribution in [3.8, 4) is 5.75 Å². The highest BCUT2D eigenvalue weighted by Crippen LogP contribution is 2.31. The van der Waals surface area contributed by atoms with Gasteiger partial charge in [0.1, 0.15) is 5.70 Å². The van der Waals surface area contributed by atoms with Gasteiger partial charge in [0.15, 0.2) is 11.6 Å². The van der Waals surface area contributed by atoms with Gasteiger partial charge in [0.25, 0.3) is 0 Å². The number of rotatable bonds is 6. The van der Waals surface area contributed by atoms with Gasteiger partial charge in [-0.3, -0.25) is 0 Å². The first kappa shape index (κ1) is 18.9. The Morgan fingerprint density at radius 2 is 1.71 bits per heavy atom. The number of nitrogens with one attached hydrogen (secondary N) is 1. The molecule has 1 N–H and O–H groups in total. The first-order valence-electron chi connectivity index (χ1n) is 6.48. The lowest BCUT2D eigenvalue weighted by molar-refractivity contribution is -0.138. The van der Waals surface area contributed by atoms with E-state index in [4.69, 9.17) is 4.74 Å². The number of ether oxygens (including phenoxy) is 4. The third kappa shape index (κ3) is 4.45. The molecule has 0 atom stereocenters. The molecule has 0 amide bonds. The fraction of sp³-hybridized carbons (Fsp3) is 0.267. The predicted octanol–water partition coefficient (Wildman–Crippen LogP) is 1.26. The average Bonchev–Trinajstić information content (AvgIpc) is 2.59. The molecule has 0 heterocycles. The van der Waals surface area contributed by atoms with Crippen molar-refractivity contribution < 1.29 is 37.7 Å². The quantitative estimate of drug-likeness (QED) is 0.469. The Bertz CT molecular complexity index is 685. The maximum atomic E-state index is 14.1. The monoisotopic (exact) mass is 341 g/mol. The van der Waals surface area contributed by atoms with E-state index in [9.17, 15) is 18.8 Å². The van der Waals surface area contributed by atoms with E-state index < -0.39 is 23.7 Å². The second kappa shape index (κ2) is 8.51. The third-order valence-corrected chi connectivity index (χ3v) is 2.81. The van der Waals surface area contributed by atoms with Gasteiger partial charge in [0, 0.05) is 0 Å². The molecule has 24 heavy (non-hydrogen) atoms. The highest BCUT2D eigenvalue weighted by atomic mass is 19.1. The lowest BCUT2D eigenvalue weighted by Crippen LogP contribution is -2.16. The molecule has 0 aliphatic carbocycles. The summed E-state index contributed by atoms with van der Waals surface area (Å²) < 4.78 is 32.5. The van der Waals surface area contributed by atoms with Crippen molar-refractivity contribution in [1.29, 1.82) is 0 Å². The van der Waals surface area contributed by atoms with E-state index in [1.165, 1.54) is 13.2 Å². The zero-order valence-electron chi connectivity index (χ0n) is 13.5. The van der Waals surface area contributed by atoms with Crippen molar-refractivity contribution in [1.82, 2.24) is 0 Å². The molecule has 8 nitrogen and oxygen atoms in total. The van der Waals surface area contributed by atoms with Gasteiger partial charge in [-0.1, -0.05) is 0 Å². The van der Waals surface area contributed by atoms with Crippen LogP contribution in [0.5, 0.6) is 5.75 Å². The van der Waals surface area contributed by atoms with Crippen molar-refractivity contribution in [2.24, 2.45) is 0 Å². The van der Waals surface area contributed by atoms with Crippen LogP contribution in [-0.4, -0.2) is 46.3 Å². The summed E-state index contributed by atoms with van der Waals surface area (Å²) in [6.07, 6.45) is 0.813. The van der Waals surface area contributed by atoms with Crippen LogP contribution < -0.4 is 10.1 Å². The summed E-state index contributed by atoms with van der Waals surface area (Å²) in [5.74, 6) is -3.69. The van der Waals surface area contributed by atoms with E-state index in [1.807, 2.05) is 0 Å². The van der Waals surface area contributed by atoms with Gasteiger partial charge in [-0.05, 0) is 12.1 Å². The van der Waals surface area contributed by atoms with Crippen LogP contribution in [0.4, 0.5) is 10.1 Å². The summed E-state index contributed by atoms with van der Waals surface area (Å²) >= 11 is 0. The lowest BCUT2D eigenvalue weighted by atomic mass is 10.1. The first-order chi connectivity index (χ1) is 11.4. The van der Waals surface area contributed by atoms with Gasteiger partial charge in [0.2, 0.25) is 0 Å². The number of methoxy groups -OCH3 is 4. The van der Waals surface area contributed by atoms with E-state index >= 15 is 0 Å². The number of esters is 3. The number of anilines is 1. The molecular formula is C15H16FNO7. The molecule has 0 fully saturated rings. The Morgan fingerprint density at radius 1 is 1.04 bits per heavy atom. The summed E-state index contributed by atoms with van der Waals surface area (Å²) in [4.78, 5) is 34.7. The molecule has 0 saturated carbocycles. The summed E-state index contributed by atoms with van der Waals surface area (Å²) in [6.45, 7) is 0. The average molecular weight is 341 g/mol. The zero-order valence-corrected chi connectivity index (χ0v) is 13.5. The third-order valence-electron chi connectivity index (χ3n) is 2.81. The largest absolute Gasteiger partial charge is 0.492 e. The Hall–Kier alpha value is -3.10. The minimum absolute atomic E-state index is 0.0848. The minimum atomic E-state index is -0.911. The number of hydrogen-bond donors (Lipinski definition) is 1. The highest BCUT2D eigenvalue weighted by molar-refractivity contribution is 5.99. The molecule has 0 aromatic heterocycles. The molecule has 1 aromatic carbocycles. The summed E-state index contributed by atoms with van der Waals surface area (Å²) in [7, 11) is 4.54. The number of halogens is 1. The summed E-state index contributed by atoms with van der Waals surface area (Å²) in [6, 6.07) is 2.11. The van der Waals surface area contributed by atoms with E-state index in [-0.39, 0.29) is 22.7 Å². The van der Waals surface area contributed by atoms with Crippen LogP contribution in [0, 0.1) is 5.82 Å². The first-order valence-corrected chi connectivity index (χ1v) is 6.48. The van der Waals surface area contributed by atoms with Crippen LogP contribution in [0.1, 0.15) is 10.4 Å². The van der Waals surface area contributed by atoms with Crippen molar-refractivity contribution in [2.45, 2.75) is 0 Å². The highest BCUT2D eigenvalue weighted by Gasteiger charge is 2.20. The smallest absolute Gasteiger partial charge is 0.354 e. The van der Waals surface area contributed by atoms with Gasteiger partial charge in [-0.15, -0.1) is 0 Å². The molecular weight excluding hydrogens is 325 g/mol. The van der Waals surface area contributed by atoms with Crippen LogP contribution in [0.2, 0.25) is 0 Å². The van der Waals surface area contributed by atoms with E-state index in [0.717, 1.165) is 33.5 Å². The summed E-state index contributed by atoms with van der Waals surface area (Å²) in [5, 5.41) is 2.49. The Balaban J connectivity index is 3.38. The second-order valence-corrected chi connectivity index (χ2v) is 4.23. The van der Waals surface area contributed by atoms with E-state index in [1.54, 1.807) is 0 Å². The maximum Gasteiger partial charge on any atom is 0.354 e. The lowest BCUT2D eigenvalue weighted by Gasteiger charge is -2.14. The normalized spacial score (nSPS) is 10.6. The predicted molar refractivity (Wildman–Crippen MR) is 80.0 cm³/mol. The molecule has 1 aromatic rings. The molecule has 0 saturated heterocycles.